The average molecular weight is 288 g/mol. The molecule has 0 unspecified atom stereocenters. The van der Waals surface area contributed by atoms with Crippen LogP contribution in [-0.2, 0) is 19.1 Å². The average Bonchev–Trinajstić information content (AvgIpc) is 3.01. The van der Waals surface area contributed by atoms with Crippen LogP contribution in [0.3, 0.4) is 0 Å². The second-order valence-corrected chi connectivity index (χ2v) is 4.76. The first-order chi connectivity index (χ1) is 10.1. The molecule has 0 bridgehead atoms. The number of hydrogen-bond acceptors (Lipinski definition) is 5. The standard InChI is InChI=1S/C15H16N2O4/c1-10(21-15(19)13-6-3-7-20-13)14(18)17-12-5-2-4-11(8-12)9-16/h2,4-5,8,10,13H,3,6-7H2,1H3,(H,17,18)/t10-,13+/m0/s1. The molecule has 21 heavy (non-hydrogen) atoms. The van der Waals surface area contributed by atoms with E-state index in [2.05, 4.69) is 5.32 Å². The van der Waals surface area contributed by atoms with Crippen LogP contribution in [0.4, 0.5) is 5.69 Å². The fourth-order valence-electron chi connectivity index (χ4n) is 1.98. The quantitative estimate of drug-likeness (QED) is 0.850. The van der Waals surface area contributed by atoms with Crippen molar-refractivity contribution in [2.45, 2.75) is 32.0 Å². The number of esters is 1. The summed E-state index contributed by atoms with van der Waals surface area (Å²) in [6.07, 6.45) is -0.0480. The van der Waals surface area contributed by atoms with Gasteiger partial charge in [-0.3, -0.25) is 4.79 Å². The van der Waals surface area contributed by atoms with Gasteiger partial charge in [0.2, 0.25) is 0 Å². The molecule has 1 aliphatic heterocycles. The van der Waals surface area contributed by atoms with Gasteiger partial charge in [-0.05, 0) is 38.0 Å². The molecule has 1 amide bonds. The Morgan fingerprint density at radius 2 is 2.33 bits per heavy atom. The molecule has 2 atom stereocenters. The number of carbonyl (C=O) groups excluding carboxylic acids is 2. The van der Waals surface area contributed by atoms with Crippen LogP contribution in [-0.4, -0.2) is 30.7 Å². The molecular weight excluding hydrogens is 272 g/mol. The molecule has 1 aromatic carbocycles. The minimum atomic E-state index is -0.924. The molecule has 1 N–H and O–H groups in total. The van der Waals surface area contributed by atoms with E-state index >= 15 is 0 Å². The topological polar surface area (TPSA) is 88.4 Å². The molecule has 1 aromatic rings. The summed E-state index contributed by atoms with van der Waals surface area (Å²) in [7, 11) is 0. The van der Waals surface area contributed by atoms with Crippen LogP contribution in [0.15, 0.2) is 24.3 Å². The van der Waals surface area contributed by atoms with Gasteiger partial charge in [0.05, 0.1) is 11.6 Å². The Hall–Kier alpha value is -2.39. The smallest absolute Gasteiger partial charge is 0.336 e. The Morgan fingerprint density at radius 3 is 3.00 bits per heavy atom. The van der Waals surface area contributed by atoms with Gasteiger partial charge in [-0.25, -0.2) is 4.79 Å². The lowest BCUT2D eigenvalue weighted by molar-refractivity contribution is -0.162. The molecular formula is C15H16N2O4. The molecule has 0 saturated carbocycles. The molecule has 1 saturated heterocycles. The highest BCUT2D eigenvalue weighted by Crippen LogP contribution is 2.15. The number of nitriles is 1. The molecule has 0 aliphatic carbocycles. The van der Waals surface area contributed by atoms with Crippen molar-refractivity contribution < 1.29 is 19.1 Å². The Bertz CT molecular complexity index is 573. The van der Waals surface area contributed by atoms with Crippen LogP contribution in [0.1, 0.15) is 25.3 Å². The van der Waals surface area contributed by atoms with E-state index in [1.165, 1.54) is 6.92 Å². The zero-order valence-corrected chi connectivity index (χ0v) is 11.7. The predicted molar refractivity (Wildman–Crippen MR) is 74.3 cm³/mol. The SMILES string of the molecule is C[C@H](OC(=O)[C@H]1CCCO1)C(=O)Nc1cccc(C#N)c1. The van der Waals surface area contributed by atoms with Gasteiger partial charge in [-0.1, -0.05) is 6.07 Å². The summed E-state index contributed by atoms with van der Waals surface area (Å²) in [6, 6.07) is 8.49. The van der Waals surface area contributed by atoms with Gasteiger partial charge in [0, 0.05) is 12.3 Å². The third-order valence-electron chi connectivity index (χ3n) is 3.11. The summed E-state index contributed by atoms with van der Waals surface area (Å²) < 4.78 is 10.3. The van der Waals surface area contributed by atoms with Crippen LogP contribution >= 0.6 is 0 Å². The fourth-order valence-corrected chi connectivity index (χ4v) is 1.98. The summed E-state index contributed by atoms with van der Waals surface area (Å²) in [6.45, 7) is 2.04. The molecule has 0 radical (unpaired) electrons. The lowest BCUT2D eigenvalue weighted by Gasteiger charge is -2.16. The van der Waals surface area contributed by atoms with Crippen molar-refractivity contribution in [3.05, 3.63) is 29.8 Å². The molecule has 110 valence electrons. The monoisotopic (exact) mass is 288 g/mol. The van der Waals surface area contributed by atoms with Crippen molar-refractivity contribution in [2.75, 3.05) is 11.9 Å². The van der Waals surface area contributed by atoms with Crippen molar-refractivity contribution >= 4 is 17.6 Å². The number of benzene rings is 1. The zero-order valence-electron chi connectivity index (χ0n) is 11.7. The summed E-state index contributed by atoms with van der Waals surface area (Å²) in [5, 5.41) is 11.4. The van der Waals surface area contributed by atoms with Crippen molar-refractivity contribution in [1.82, 2.24) is 0 Å². The zero-order chi connectivity index (χ0) is 15.2. The third-order valence-corrected chi connectivity index (χ3v) is 3.11. The number of ether oxygens (including phenoxy) is 2. The van der Waals surface area contributed by atoms with E-state index in [0.29, 0.717) is 24.3 Å². The van der Waals surface area contributed by atoms with Crippen molar-refractivity contribution in [2.24, 2.45) is 0 Å². The molecule has 1 heterocycles. The van der Waals surface area contributed by atoms with E-state index in [4.69, 9.17) is 14.7 Å². The Balaban J connectivity index is 1.90. The molecule has 0 spiro atoms. The van der Waals surface area contributed by atoms with Gasteiger partial charge in [0.25, 0.3) is 5.91 Å². The molecule has 6 nitrogen and oxygen atoms in total. The number of rotatable bonds is 4. The van der Waals surface area contributed by atoms with Gasteiger partial charge in [0.1, 0.15) is 0 Å². The first kappa shape index (κ1) is 15.0. The number of nitrogens with zero attached hydrogens (tertiary/aromatic N) is 1. The largest absolute Gasteiger partial charge is 0.451 e. The van der Waals surface area contributed by atoms with Gasteiger partial charge in [-0.15, -0.1) is 0 Å². The number of nitrogens with one attached hydrogen (secondary N) is 1. The maximum Gasteiger partial charge on any atom is 0.336 e. The molecule has 1 aliphatic rings. The second-order valence-electron chi connectivity index (χ2n) is 4.76. The normalized spacial score (nSPS) is 18.6. The predicted octanol–water partition coefficient (Wildman–Crippen LogP) is 1.61. The highest BCUT2D eigenvalue weighted by Gasteiger charge is 2.28. The molecule has 1 fully saturated rings. The lowest BCUT2D eigenvalue weighted by Crippen LogP contribution is -2.34. The van der Waals surface area contributed by atoms with E-state index in [-0.39, 0.29) is 0 Å². The summed E-state index contributed by atoms with van der Waals surface area (Å²) >= 11 is 0. The number of carbonyl (C=O) groups is 2. The van der Waals surface area contributed by atoms with Crippen LogP contribution in [0.5, 0.6) is 0 Å². The Labute approximate surface area is 122 Å². The molecule has 2 rings (SSSR count). The third kappa shape index (κ3) is 4.04. The van der Waals surface area contributed by atoms with Crippen LogP contribution in [0.25, 0.3) is 0 Å². The van der Waals surface area contributed by atoms with E-state index in [1.54, 1.807) is 24.3 Å². The highest BCUT2D eigenvalue weighted by atomic mass is 16.6. The lowest BCUT2D eigenvalue weighted by atomic mass is 10.2. The second kappa shape index (κ2) is 6.86. The Morgan fingerprint density at radius 1 is 1.52 bits per heavy atom. The number of amides is 1. The van der Waals surface area contributed by atoms with Crippen molar-refractivity contribution in [3.8, 4) is 6.07 Å². The summed E-state index contributed by atoms with van der Waals surface area (Å²) in [5.41, 5.74) is 0.927. The molecule has 0 aromatic heterocycles. The maximum atomic E-state index is 12.0. The first-order valence-electron chi connectivity index (χ1n) is 6.73. The number of hydrogen-bond donors (Lipinski definition) is 1. The number of anilines is 1. The van der Waals surface area contributed by atoms with E-state index in [0.717, 1.165) is 6.42 Å². The van der Waals surface area contributed by atoms with Crippen molar-refractivity contribution in [1.29, 1.82) is 5.26 Å². The van der Waals surface area contributed by atoms with Crippen LogP contribution in [0, 0.1) is 11.3 Å². The Kier molecular flexibility index (Phi) is 4.90. The van der Waals surface area contributed by atoms with Gasteiger partial charge < -0.3 is 14.8 Å². The first-order valence-corrected chi connectivity index (χ1v) is 6.73. The summed E-state index contributed by atoms with van der Waals surface area (Å²) in [5.74, 6) is -0.961. The minimum absolute atomic E-state index is 0.441. The van der Waals surface area contributed by atoms with Gasteiger partial charge >= 0.3 is 5.97 Å². The fraction of sp³-hybridized carbons (Fsp3) is 0.400. The van der Waals surface area contributed by atoms with Crippen LogP contribution in [0.2, 0.25) is 0 Å². The van der Waals surface area contributed by atoms with E-state index in [1.807, 2.05) is 6.07 Å². The van der Waals surface area contributed by atoms with Crippen molar-refractivity contribution in [3.63, 3.8) is 0 Å². The van der Waals surface area contributed by atoms with E-state index in [9.17, 15) is 9.59 Å². The van der Waals surface area contributed by atoms with E-state index < -0.39 is 24.1 Å². The van der Waals surface area contributed by atoms with Gasteiger partial charge in [-0.2, -0.15) is 5.26 Å². The minimum Gasteiger partial charge on any atom is -0.451 e. The maximum absolute atomic E-state index is 12.0. The highest BCUT2D eigenvalue weighted by molar-refractivity contribution is 5.95. The van der Waals surface area contributed by atoms with Gasteiger partial charge in [0.15, 0.2) is 12.2 Å². The molecule has 6 heteroatoms. The summed E-state index contributed by atoms with van der Waals surface area (Å²) in [4.78, 5) is 23.7. The van der Waals surface area contributed by atoms with Crippen LogP contribution < -0.4 is 5.32 Å².